The van der Waals surface area contributed by atoms with Gasteiger partial charge in [0.2, 0.25) is 0 Å². The highest BCUT2D eigenvalue weighted by Crippen LogP contribution is 2.29. The molecule has 1 fully saturated rings. The van der Waals surface area contributed by atoms with Crippen molar-refractivity contribution in [2.24, 2.45) is 0 Å². The normalized spacial score (nSPS) is 19.3. The first-order valence-electron chi connectivity index (χ1n) is 7.68. The molecule has 0 aromatic heterocycles. The Hall–Kier alpha value is -1.10. The van der Waals surface area contributed by atoms with Gasteiger partial charge in [-0.3, -0.25) is 4.79 Å². The van der Waals surface area contributed by atoms with Gasteiger partial charge >= 0.3 is 0 Å². The molecule has 1 aliphatic heterocycles. The van der Waals surface area contributed by atoms with Crippen LogP contribution in [0.3, 0.4) is 0 Å². The van der Waals surface area contributed by atoms with Gasteiger partial charge in [0.05, 0.1) is 0 Å². The Morgan fingerprint density at radius 3 is 2.64 bits per heavy atom. The average molecular weight is 327 g/mol. The van der Waals surface area contributed by atoms with Crippen LogP contribution in [0.25, 0.3) is 0 Å². The van der Waals surface area contributed by atoms with E-state index in [1.807, 2.05) is 16.7 Å². The molecule has 1 heterocycles. The van der Waals surface area contributed by atoms with Crippen molar-refractivity contribution in [2.75, 3.05) is 12.3 Å². The van der Waals surface area contributed by atoms with Crippen LogP contribution < -0.4 is 0 Å². The van der Waals surface area contributed by atoms with Crippen LogP contribution in [-0.2, 0) is 0 Å². The molecule has 2 rings (SSSR count). The lowest BCUT2D eigenvalue weighted by Gasteiger charge is -2.37. The Kier molecular flexibility index (Phi) is 5.48. The summed E-state index contributed by atoms with van der Waals surface area (Å²) in [6, 6.07) is 3.55. The van der Waals surface area contributed by atoms with Crippen LogP contribution in [0.5, 0.6) is 0 Å². The maximum absolute atomic E-state index is 13.4. The van der Waals surface area contributed by atoms with Crippen LogP contribution in [0, 0.1) is 11.6 Å². The number of nitrogens with zero attached hydrogens (tertiary/aromatic N) is 1. The summed E-state index contributed by atoms with van der Waals surface area (Å²) >= 11 is 1.83. The Labute approximate surface area is 135 Å². The lowest BCUT2D eigenvalue weighted by molar-refractivity contribution is 0.0639. The number of amides is 1. The zero-order chi connectivity index (χ0) is 16.3. The topological polar surface area (TPSA) is 20.3 Å². The van der Waals surface area contributed by atoms with Gasteiger partial charge in [-0.25, -0.2) is 8.78 Å². The number of rotatable bonds is 3. The summed E-state index contributed by atoms with van der Waals surface area (Å²) in [6.07, 6.45) is 3.04. The highest BCUT2D eigenvalue weighted by Gasteiger charge is 2.29. The van der Waals surface area contributed by atoms with Gasteiger partial charge in [0.25, 0.3) is 5.91 Å². The Morgan fingerprint density at radius 2 is 2.00 bits per heavy atom. The van der Waals surface area contributed by atoms with Gasteiger partial charge in [0.1, 0.15) is 0 Å². The molecule has 122 valence electrons. The smallest absolute Gasteiger partial charge is 0.254 e. The molecule has 0 N–H and O–H groups in total. The molecule has 1 aromatic carbocycles. The van der Waals surface area contributed by atoms with Crippen LogP contribution in [0.2, 0.25) is 0 Å². The van der Waals surface area contributed by atoms with Gasteiger partial charge in [0.15, 0.2) is 11.6 Å². The number of halogens is 2. The van der Waals surface area contributed by atoms with Crippen molar-refractivity contribution >= 4 is 17.7 Å². The number of carbonyl (C=O) groups is 1. The SMILES string of the molecule is CC(C)(C)SCC1CCCCN1C(=O)c1ccc(F)c(F)c1. The molecule has 1 aromatic rings. The molecule has 1 atom stereocenters. The van der Waals surface area contributed by atoms with E-state index in [0.29, 0.717) is 6.54 Å². The largest absolute Gasteiger partial charge is 0.335 e. The molecule has 0 radical (unpaired) electrons. The van der Waals surface area contributed by atoms with E-state index in [2.05, 4.69) is 20.8 Å². The molecule has 0 spiro atoms. The van der Waals surface area contributed by atoms with Crippen molar-refractivity contribution in [2.45, 2.75) is 50.8 Å². The lowest BCUT2D eigenvalue weighted by atomic mass is 10.0. The molecule has 1 aliphatic rings. The minimum atomic E-state index is -0.969. The fourth-order valence-corrected chi connectivity index (χ4v) is 3.62. The maximum atomic E-state index is 13.4. The summed E-state index contributed by atoms with van der Waals surface area (Å²) in [4.78, 5) is 14.5. The lowest BCUT2D eigenvalue weighted by Crippen LogP contribution is -2.45. The Balaban J connectivity index is 2.12. The van der Waals surface area contributed by atoms with Crippen molar-refractivity contribution in [3.05, 3.63) is 35.4 Å². The molecular formula is C17H23F2NOS. The van der Waals surface area contributed by atoms with Gasteiger partial charge in [-0.15, -0.1) is 0 Å². The fourth-order valence-electron chi connectivity index (χ4n) is 2.58. The molecule has 1 saturated heterocycles. The summed E-state index contributed by atoms with van der Waals surface area (Å²) < 4.78 is 26.5. The van der Waals surface area contributed by atoms with Crippen LogP contribution >= 0.6 is 11.8 Å². The van der Waals surface area contributed by atoms with E-state index < -0.39 is 11.6 Å². The second kappa shape index (κ2) is 6.99. The first-order valence-corrected chi connectivity index (χ1v) is 8.66. The molecule has 2 nitrogen and oxygen atoms in total. The van der Waals surface area contributed by atoms with Gasteiger partial charge in [0, 0.05) is 28.6 Å². The quantitative estimate of drug-likeness (QED) is 0.815. The number of likely N-dealkylation sites (tertiary alicyclic amines) is 1. The zero-order valence-electron chi connectivity index (χ0n) is 13.4. The Bertz CT molecular complexity index is 542. The zero-order valence-corrected chi connectivity index (χ0v) is 14.2. The number of hydrogen-bond donors (Lipinski definition) is 0. The van der Waals surface area contributed by atoms with E-state index in [1.165, 1.54) is 6.07 Å². The third-order valence-electron chi connectivity index (χ3n) is 3.76. The number of hydrogen-bond acceptors (Lipinski definition) is 2. The van der Waals surface area contributed by atoms with E-state index in [9.17, 15) is 13.6 Å². The van der Waals surface area contributed by atoms with E-state index in [0.717, 1.165) is 37.1 Å². The Morgan fingerprint density at radius 1 is 1.27 bits per heavy atom. The summed E-state index contributed by atoms with van der Waals surface area (Å²) in [7, 11) is 0. The summed E-state index contributed by atoms with van der Waals surface area (Å²) in [5, 5.41) is 0. The maximum Gasteiger partial charge on any atom is 0.254 e. The van der Waals surface area contributed by atoms with Crippen molar-refractivity contribution in [3.63, 3.8) is 0 Å². The predicted molar refractivity (Wildman–Crippen MR) is 87.2 cm³/mol. The molecule has 0 aliphatic carbocycles. The molecular weight excluding hydrogens is 304 g/mol. The van der Waals surface area contributed by atoms with Gasteiger partial charge < -0.3 is 4.90 Å². The predicted octanol–water partition coefficient (Wildman–Crippen LogP) is 4.49. The third kappa shape index (κ3) is 4.45. The van der Waals surface area contributed by atoms with Crippen LogP contribution in [0.1, 0.15) is 50.4 Å². The third-order valence-corrected chi connectivity index (χ3v) is 5.18. The number of piperidine rings is 1. The van der Waals surface area contributed by atoms with E-state index in [1.54, 1.807) is 0 Å². The van der Waals surface area contributed by atoms with E-state index in [-0.39, 0.29) is 22.3 Å². The van der Waals surface area contributed by atoms with Crippen LogP contribution in [0.4, 0.5) is 8.78 Å². The highest BCUT2D eigenvalue weighted by molar-refractivity contribution is 8.00. The second-order valence-corrected chi connectivity index (χ2v) is 8.55. The van der Waals surface area contributed by atoms with Crippen molar-refractivity contribution in [1.82, 2.24) is 4.90 Å². The minimum absolute atomic E-state index is 0.147. The fraction of sp³-hybridized carbons (Fsp3) is 0.588. The van der Waals surface area contributed by atoms with Gasteiger partial charge in [-0.2, -0.15) is 11.8 Å². The van der Waals surface area contributed by atoms with Crippen molar-refractivity contribution < 1.29 is 13.6 Å². The summed E-state index contributed by atoms with van der Waals surface area (Å²) in [5.74, 6) is -1.21. The minimum Gasteiger partial charge on any atom is -0.335 e. The molecule has 0 saturated carbocycles. The molecule has 1 unspecified atom stereocenters. The number of carbonyl (C=O) groups excluding carboxylic acids is 1. The van der Waals surface area contributed by atoms with Crippen molar-refractivity contribution in [3.8, 4) is 0 Å². The van der Waals surface area contributed by atoms with Gasteiger partial charge in [-0.1, -0.05) is 20.8 Å². The molecule has 22 heavy (non-hydrogen) atoms. The van der Waals surface area contributed by atoms with Crippen molar-refractivity contribution in [1.29, 1.82) is 0 Å². The highest BCUT2D eigenvalue weighted by atomic mass is 32.2. The summed E-state index contributed by atoms with van der Waals surface area (Å²) in [5.41, 5.74) is 0.228. The summed E-state index contributed by atoms with van der Waals surface area (Å²) in [6.45, 7) is 7.15. The first kappa shape index (κ1) is 17.3. The second-order valence-electron chi connectivity index (χ2n) is 6.70. The number of thioether (sulfide) groups is 1. The molecule has 1 amide bonds. The first-order chi connectivity index (χ1) is 10.3. The molecule has 0 bridgehead atoms. The monoisotopic (exact) mass is 327 g/mol. The van der Waals surface area contributed by atoms with Crippen LogP contribution in [0.15, 0.2) is 18.2 Å². The number of benzene rings is 1. The molecule has 5 heteroatoms. The van der Waals surface area contributed by atoms with E-state index in [4.69, 9.17) is 0 Å². The van der Waals surface area contributed by atoms with E-state index >= 15 is 0 Å². The van der Waals surface area contributed by atoms with Gasteiger partial charge in [-0.05, 0) is 37.5 Å². The standard InChI is InChI=1S/C17H23F2NOS/c1-17(2,3)22-11-13-6-4-5-9-20(13)16(21)12-7-8-14(18)15(19)10-12/h7-8,10,13H,4-6,9,11H2,1-3H3. The van der Waals surface area contributed by atoms with Crippen LogP contribution in [-0.4, -0.2) is 33.9 Å². The average Bonchev–Trinajstić information content (AvgIpc) is 2.47.